The molecule has 4 nitrogen and oxygen atoms in total. The van der Waals surface area contributed by atoms with Crippen molar-refractivity contribution < 1.29 is 4.79 Å². The molecule has 1 amide bonds. The van der Waals surface area contributed by atoms with Crippen molar-refractivity contribution in [2.75, 3.05) is 18.5 Å². The summed E-state index contributed by atoms with van der Waals surface area (Å²) < 4.78 is 0. The summed E-state index contributed by atoms with van der Waals surface area (Å²) in [6.07, 6.45) is 0. The highest BCUT2D eigenvalue weighted by molar-refractivity contribution is 7.17. The zero-order valence-corrected chi connectivity index (χ0v) is 13.7. The highest BCUT2D eigenvalue weighted by atomic mass is 32.1. The third kappa shape index (κ3) is 3.82. The molecule has 2 rings (SSSR count). The van der Waals surface area contributed by atoms with Crippen molar-refractivity contribution in [1.82, 2.24) is 10.3 Å². The fourth-order valence-electron chi connectivity index (χ4n) is 1.88. The first-order chi connectivity index (χ1) is 9.99. The summed E-state index contributed by atoms with van der Waals surface area (Å²) in [4.78, 5) is 19.4. The van der Waals surface area contributed by atoms with Crippen LogP contribution in [0, 0.1) is 12.8 Å². The predicted octanol–water partition coefficient (Wildman–Crippen LogP) is 3.61. The van der Waals surface area contributed by atoms with Gasteiger partial charge >= 0.3 is 0 Å². The number of nitrogens with zero attached hydrogens (tertiary/aromatic N) is 2. The van der Waals surface area contributed by atoms with Crippen LogP contribution in [0.5, 0.6) is 0 Å². The Labute approximate surface area is 129 Å². The molecule has 0 saturated carbocycles. The largest absolute Gasteiger partial charge is 0.351 e. The van der Waals surface area contributed by atoms with Crippen LogP contribution >= 0.6 is 11.3 Å². The van der Waals surface area contributed by atoms with Gasteiger partial charge < -0.3 is 10.2 Å². The summed E-state index contributed by atoms with van der Waals surface area (Å²) >= 11 is 1.42. The normalized spacial score (nSPS) is 10.7. The lowest BCUT2D eigenvalue weighted by Gasteiger charge is -2.15. The number of nitrogens with one attached hydrogen (secondary N) is 1. The zero-order valence-electron chi connectivity index (χ0n) is 12.9. The van der Waals surface area contributed by atoms with Gasteiger partial charge in [-0.05, 0) is 25.0 Å². The Bertz CT molecular complexity index is 607. The van der Waals surface area contributed by atoms with Gasteiger partial charge in [0.1, 0.15) is 4.88 Å². The van der Waals surface area contributed by atoms with Crippen molar-refractivity contribution in [2.24, 2.45) is 5.92 Å². The van der Waals surface area contributed by atoms with Crippen LogP contribution in [0.25, 0.3) is 0 Å². The van der Waals surface area contributed by atoms with E-state index >= 15 is 0 Å². The molecule has 0 aliphatic carbocycles. The van der Waals surface area contributed by atoms with Gasteiger partial charge in [0.15, 0.2) is 5.13 Å². The molecule has 0 fully saturated rings. The van der Waals surface area contributed by atoms with Gasteiger partial charge in [-0.25, -0.2) is 4.98 Å². The maximum absolute atomic E-state index is 12.2. The van der Waals surface area contributed by atoms with Crippen molar-refractivity contribution in [2.45, 2.75) is 20.8 Å². The molecule has 0 bridgehead atoms. The Morgan fingerprint density at radius 3 is 2.62 bits per heavy atom. The van der Waals surface area contributed by atoms with Gasteiger partial charge in [-0.2, -0.15) is 0 Å². The Morgan fingerprint density at radius 2 is 2.00 bits per heavy atom. The smallest absolute Gasteiger partial charge is 0.263 e. The molecule has 0 atom stereocenters. The van der Waals surface area contributed by atoms with Crippen LogP contribution in [0.1, 0.15) is 29.2 Å². The monoisotopic (exact) mass is 303 g/mol. The van der Waals surface area contributed by atoms with Crippen LogP contribution in [0.2, 0.25) is 0 Å². The first-order valence-electron chi connectivity index (χ1n) is 7.03. The number of aryl methyl sites for hydroxylation is 1. The zero-order chi connectivity index (χ0) is 15.4. The second-order valence-corrected chi connectivity index (χ2v) is 6.39. The molecule has 1 N–H and O–H groups in total. The molecule has 5 heteroatoms. The van der Waals surface area contributed by atoms with E-state index < -0.39 is 0 Å². The second kappa shape index (κ2) is 6.72. The number of hydrogen-bond donors (Lipinski definition) is 1. The Hall–Kier alpha value is -1.88. The maximum Gasteiger partial charge on any atom is 0.263 e. The van der Waals surface area contributed by atoms with Crippen molar-refractivity contribution in [1.29, 1.82) is 0 Å². The number of carbonyl (C=O) groups excluding carboxylic acids is 1. The van der Waals surface area contributed by atoms with Crippen molar-refractivity contribution in [3.8, 4) is 0 Å². The van der Waals surface area contributed by atoms with E-state index in [2.05, 4.69) is 24.1 Å². The Morgan fingerprint density at radius 1 is 1.33 bits per heavy atom. The fourth-order valence-corrected chi connectivity index (χ4v) is 2.84. The SMILES string of the molecule is Cc1nc(N(C)c2ccccc2)sc1C(=O)NCC(C)C. The average Bonchev–Trinajstić information content (AvgIpc) is 2.87. The topological polar surface area (TPSA) is 45.2 Å². The van der Waals surface area contributed by atoms with Gasteiger partial charge in [0, 0.05) is 19.3 Å². The molecule has 112 valence electrons. The van der Waals surface area contributed by atoms with Gasteiger partial charge in [0.25, 0.3) is 5.91 Å². The standard InChI is InChI=1S/C16H21N3OS/c1-11(2)10-17-15(20)14-12(3)18-16(21-14)19(4)13-8-6-5-7-9-13/h5-9,11H,10H2,1-4H3,(H,17,20). The van der Waals surface area contributed by atoms with E-state index in [1.807, 2.05) is 49.2 Å². The minimum atomic E-state index is -0.0357. The summed E-state index contributed by atoms with van der Waals surface area (Å²) in [7, 11) is 1.96. The third-order valence-corrected chi connectivity index (χ3v) is 4.33. The molecule has 0 aliphatic rings. The lowest BCUT2D eigenvalue weighted by atomic mass is 10.2. The molecular formula is C16H21N3OS. The van der Waals surface area contributed by atoms with Crippen molar-refractivity contribution in [3.63, 3.8) is 0 Å². The number of aromatic nitrogens is 1. The van der Waals surface area contributed by atoms with Crippen molar-refractivity contribution >= 4 is 28.1 Å². The van der Waals surface area contributed by atoms with Gasteiger partial charge in [0.2, 0.25) is 0 Å². The van der Waals surface area contributed by atoms with Crippen LogP contribution in [0.15, 0.2) is 30.3 Å². The Balaban J connectivity index is 2.17. The highest BCUT2D eigenvalue weighted by Crippen LogP contribution is 2.30. The lowest BCUT2D eigenvalue weighted by molar-refractivity contribution is 0.0952. The minimum absolute atomic E-state index is 0.0357. The highest BCUT2D eigenvalue weighted by Gasteiger charge is 2.17. The molecule has 0 saturated heterocycles. The molecule has 0 unspecified atom stereocenters. The maximum atomic E-state index is 12.2. The van der Waals surface area contributed by atoms with Gasteiger partial charge in [-0.15, -0.1) is 0 Å². The molecule has 1 heterocycles. The number of amides is 1. The van der Waals surface area contributed by atoms with E-state index in [0.717, 1.165) is 16.5 Å². The number of anilines is 2. The summed E-state index contributed by atoms with van der Waals surface area (Å²) in [6, 6.07) is 10.0. The molecule has 0 spiro atoms. The van der Waals surface area contributed by atoms with Crippen LogP contribution in [-0.2, 0) is 0 Å². The van der Waals surface area contributed by atoms with E-state index in [4.69, 9.17) is 0 Å². The number of para-hydroxylation sites is 1. The van der Waals surface area contributed by atoms with Crippen molar-refractivity contribution in [3.05, 3.63) is 40.9 Å². The van der Waals surface area contributed by atoms with E-state index in [1.54, 1.807) is 0 Å². The molecule has 0 radical (unpaired) electrons. The van der Waals surface area contributed by atoms with E-state index in [0.29, 0.717) is 17.3 Å². The number of thiazole rings is 1. The fraction of sp³-hybridized carbons (Fsp3) is 0.375. The quantitative estimate of drug-likeness (QED) is 0.918. The molecule has 0 aliphatic heterocycles. The Kier molecular flexibility index (Phi) is 4.96. The summed E-state index contributed by atoms with van der Waals surface area (Å²) in [6.45, 7) is 6.71. The first kappa shape index (κ1) is 15.5. The lowest BCUT2D eigenvalue weighted by Crippen LogP contribution is -2.27. The summed E-state index contributed by atoms with van der Waals surface area (Å²) in [5.41, 5.74) is 1.83. The number of carbonyl (C=O) groups is 1. The summed E-state index contributed by atoms with van der Waals surface area (Å²) in [5, 5.41) is 3.77. The van der Waals surface area contributed by atoms with Crippen LogP contribution in [-0.4, -0.2) is 24.5 Å². The predicted molar refractivity (Wildman–Crippen MR) is 88.5 cm³/mol. The molecule has 21 heavy (non-hydrogen) atoms. The third-order valence-electron chi connectivity index (χ3n) is 3.09. The van der Waals surface area contributed by atoms with E-state index in [9.17, 15) is 4.79 Å². The molecule has 1 aromatic carbocycles. The van der Waals surface area contributed by atoms with E-state index in [1.165, 1.54) is 11.3 Å². The van der Waals surface area contributed by atoms with Crippen LogP contribution < -0.4 is 10.2 Å². The number of hydrogen-bond acceptors (Lipinski definition) is 4. The van der Waals surface area contributed by atoms with Gasteiger partial charge in [-0.1, -0.05) is 43.4 Å². The first-order valence-corrected chi connectivity index (χ1v) is 7.85. The number of benzene rings is 1. The molecule has 1 aromatic heterocycles. The molecule has 2 aromatic rings. The average molecular weight is 303 g/mol. The minimum Gasteiger partial charge on any atom is -0.351 e. The summed E-state index contributed by atoms with van der Waals surface area (Å²) in [5.74, 6) is 0.403. The van der Waals surface area contributed by atoms with Crippen LogP contribution in [0.4, 0.5) is 10.8 Å². The second-order valence-electron chi connectivity index (χ2n) is 5.41. The number of rotatable bonds is 5. The van der Waals surface area contributed by atoms with Gasteiger partial charge in [-0.3, -0.25) is 4.79 Å². The molecular weight excluding hydrogens is 282 g/mol. The van der Waals surface area contributed by atoms with Gasteiger partial charge in [0.05, 0.1) is 5.69 Å². The van der Waals surface area contributed by atoms with Crippen LogP contribution in [0.3, 0.4) is 0 Å². The van der Waals surface area contributed by atoms with E-state index in [-0.39, 0.29) is 5.91 Å².